The second kappa shape index (κ2) is 11.0. The highest BCUT2D eigenvalue weighted by atomic mass is 16.3. The summed E-state index contributed by atoms with van der Waals surface area (Å²) in [5, 5.41) is 11.1. The number of unbranched alkanes of at least 4 members (excludes halogenated alkanes) is 2. The molecule has 0 aromatic rings. The summed E-state index contributed by atoms with van der Waals surface area (Å²) in [7, 11) is 0. The lowest BCUT2D eigenvalue weighted by Gasteiger charge is -2.71. The van der Waals surface area contributed by atoms with Crippen molar-refractivity contribution in [2.75, 3.05) is 13.1 Å². The van der Waals surface area contributed by atoms with Gasteiger partial charge in [0, 0.05) is 13.1 Å². The summed E-state index contributed by atoms with van der Waals surface area (Å²) < 4.78 is 0. The second-order valence-electron chi connectivity index (χ2n) is 17.2. The van der Waals surface area contributed by atoms with Gasteiger partial charge in [-0.1, -0.05) is 86.8 Å². The van der Waals surface area contributed by atoms with Crippen molar-refractivity contribution in [1.82, 2.24) is 4.90 Å². The number of aliphatic hydroxyl groups excluding tert-OH is 1. The second-order valence-corrected chi connectivity index (χ2v) is 17.2. The minimum Gasteiger partial charge on any atom is -0.393 e. The minimum atomic E-state index is -0.208. The zero-order valence-corrected chi connectivity index (χ0v) is 28.5. The first kappa shape index (κ1) is 31.6. The number of nitrogens with zero attached hydrogens (tertiary/aromatic N) is 1. The number of hydrogen-bond donors (Lipinski definition) is 1. The Morgan fingerprint density at radius 3 is 2.17 bits per heavy atom. The molecule has 0 radical (unpaired) electrons. The number of hydrogen-bond acceptors (Lipinski definition) is 2. The Labute approximate surface area is 253 Å². The molecule has 0 heterocycles. The van der Waals surface area contributed by atoms with Crippen LogP contribution in [0.1, 0.15) is 146 Å². The van der Waals surface area contributed by atoms with Crippen molar-refractivity contribution < 1.29 is 9.90 Å². The summed E-state index contributed by atoms with van der Waals surface area (Å²) in [4.78, 5) is 17.2. The molecular weight excluding hydrogens is 502 g/mol. The Balaban J connectivity index is 1.56. The fraction of sp³-hybridized carbons (Fsp3) is 0.921. The molecule has 1 N–H and O–H groups in total. The SMILES string of the molecule is CCCCN(CCCC)C(=O)[C@]12CC[C@@H](C)[C@H](C)C1C1=CC[C@@H]3[C@@]4(C)CC[C@H](O)C(C)(C)[C@@H]4CC[C@@]3(C)[C@]1(C)CC2. The lowest BCUT2D eigenvalue weighted by molar-refractivity contribution is -0.205. The molecular formula is C38H65NO2. The fourth-order valence-corrected chi connectivity index (χ4v) is 12.2. The zero-order valence-electron chi connectivity index (χ0n) is 28.5. The van der Waals surface area contributed by atoms with Crippen LogP contribution in [0.4, 0.5) is 0 Å². The molecule has 0 spiro atoms. The molecule has 0 aromatic carbocycles. The first-order chi connectivity index (χ1) is 19.2. The van der Waals surface area contributed by atoms with E-state index in [1.54, 1.807) is 5.57 Å². The first-order valence-corrected chi connectivity index (χ1v) is 17.9. The first-order valence-electron chi connectivity index (χ1n) is 17.9. The maximum atomic E-state index is 14.9. The van der Waals surface area contributed by atoms with E-state index in [2.05, 4.69) is 73.3 Å². The third-order valence-electron chi connectivity index (χ3n) is 15.2. The van der Waals surface area contributed by atoms with Crippen molar-refractivity contribution in [2.45, 2.75) is 152 Å². The largest absolute Gasteiger partial charge is 0.393 e. The number of rotatable bonds is 7. The number of carbonyl (C=O) groups excluding carboxylic acids is 1. The summed E-state index contributed by atoms with van der Waals surface area (Å²) in [5.41, 5.74) is 2.15. The highest BCUT2D eigenvalue weighted by Crippen LogP contribution is 2.75. The number of carbonyl (C=O) groups is 1. The van der Waals surface area contributed by atoms with Crippen LogP contribution in [0.15, 0.2) is 11.6 Å². The van der Waals surface area contributed by atoms with Crippen molar-refractivity contribution in [1.29, 1.82) is 0 Å². The summed E-state index contributed by atoms with van der Waals surface area (Å²) in [6.45, 7) is 24.0. The van der Waals surface area contributed by atoms with Crippen LogP contribution in [-0.2, 0) is 4.79 Å². The normalized spacial score (nSPS) is 46.8. The molecule has 5 rings (SSSR count). The van der Waals surface area contributed by atoms with Gasteiger partial charge < -0.3 is 10.0 Å². The van der Waals surface area contributed by atoms with Gasteiger partial charge in [-0.3, -0.25) is 4.79 Å². The number of amides is 1. The number of allylic oxidation sites excluding steroid dienone is 2. The Morgan fingerprint density at radius 2 is 1.54 bits per heavy atom. The van der Waals surface area contributed by atoms with E-state index in [0.717, 1.165) is 77.3 Å². The van der Waals surface area contributed by atoms with Gasteiger partial charge >= 0.3 is 0 Å². The molecule has 4 fully saturated rings. The maximum Gasteiger partial charge on any atom is 0.229 e. The minimum absolute atomic E-state index is 0.0128. The highest BCUT2D eigenvalue weighted by Gasteiger charge is 2.69. The van der Waals surface area contributed by atoms with Gasteiger partial charge in [-0.15, -0.1) is 0 Å². The van der Waals surface area contributed by atoms with E-state index < -0.39 is 0 Å². The van der Waals surface area contributed by atoms with E-state index in [1.807, 2.05) is 0 Å². The standard InChI is InChI=1S/C38H65NO2/c1-10-12-24-39(25-13-11-2)33(41)38-21-16-26(3)27(4)32(38)28-14-15-30-35(7)19-18-31(40)34(5,6)29(35)17-20-37(30,9)36(28,8)22-23-38/h14,26-27,29-32,40H,10-13,15-25H2,1-9H3/t26-,27+,29+,30-,31+,32?,35+,36-,37-,38+/m1/s1. The van der Waals surface area contributed by atoms with Gasteiger partial charge in [-0.25, -0.2) is 0 Å². The molecule has 10 atom stereocenters. The summed E-state index contributed by atoms with van der Waals surface area (Å²) in [6.07, 6.45) is 17.4. The van der Waals surface area contributed by atoms with E-state index in [9.17, 15) is 9.90 Å². The van der Waals surface area contributed by atoms with Crippen LogP contribution in [0.5, 0.6) is 0 Å². The van der Waals surface area contributed by atoms with Crippen molar-refractivity contribution in [2.24, 2.45) is 56.7 Å². The van der Waals surface area contributed by atoms with Crippen molar-refractivity contribution in [3.63, 3.8) is 0 Å². The molecule has 234 valence electrons. The molecule has 5 aliphatic rings. The summed E-state index contributed by atoms with van der Waals surface area (Å²) in [5.74, 6) is 3.35. The van der Waals surface area contributed by atoms with Crippen LogP contribution < -0.4 is 0 Å². The van der Waals surface area contributed by atoms with Crippen LogP contribution in [0.2, 0.25) is 0 Å². The van der Waals surface area contributed by atoms with Gasteiger partial charge in [-0.05, 0) is 122 Å². The number of aliphatic hydroxyl groups is 1. The quantitative estimate of drug-likeness (QED) is 0.311. The van der Waals surface area contributed by atoms with Crippen molar-refractivity contribution in [3.05, 3.63) is 11.6 Å². The van der Waals surface area contributed by atoms with Crippen LogP contribution in [0, 0.1) is 56.7 Å². The van der Waals surface area contributed by atoms with Crippen molar-refractivity contribution >= 4 is 5.91 Å². The fourth-order valence-electron chi connectivity index (χ4n) is 12.2. The van der Waals surface area contributed by atoms with Crippen LogP contribution in [-0.4, -0.2) is 35.1 Å². The van der Waals surface area contributed by atoms with Crippen LogP contribution in [0.3, 0.4) is 0 Å². The molecule has 41 heavy (non-hydrogen) atoms. The Hall–Kier alpha value is -0.830. The van der Waals surface area contributed by atoms with Crippen LogP contribution in [0.25, 0.3) is 0 Å². The third kappa shape index (κ3) is 4.46. The van der Waals surface area contributed by atoms with Crippen molar-refractivity contribution in [3.8, 4) is 0 Å². The summed E-state index contributed by atoms with van der Waals surface area (Å²) >= 11 is 0. The number of fused-ring (bicyclic) bond motifs is 7. The Kier molecular flexibility index (Phi) is 8.44. The van der Waals surface area contributed by atoms with Gasteiger partial charge in [0.05, 0.1) is 11.5 Å². The Morgan fingerprint density at radius 1 is 0.878 bits per heavy atom. The van der Waals surface area contributed by atoms with Crippen LogP contribution >= 0.6 is 0 Å². The monoisotopic (exact) mass is 568 g/mol. The van der Waals surface area contributed by atoms with E-state index in [-0.39, 0.29) is 33.2 Å². The molecule has 0 bridgehead atoms. The van der Waals surface area contributed by atoms with E-state index in [1.165, 1.54) is 19.3 Å². The lowest BCUT2D eigenvalue weighted by atomic mass is 9.33. The molecule has 1 amide bonds. The molecule has 0 aromatic heterocycles. The predicted molar refractivity (Wildman–Crippen MR) is 171 cm³/mol. The van der Waals surface area contributed by atoms with Gasteiger partial charge in [0.1, 0.15) is 0 Å². The molecule has 4 saturated carbocycles. The van der Waals surface area contributed by atoms with Gasteiger partial charge in [-0.2, -0.15) is 0 Å². The lowest BCUT2D eigenvalue weighted by Crippen LogP contribution is -2.66. The zero-order chi connectivity index (χ0) is 30.0. The van der Waals surface area contributed by atoms with E-state index in [0.29, 0.717) is 35.5 Å². The maximum absolute atomic E-state index is 14.9. The third-order valence-corrected chi connectivity index (χ3v) is 15.2. The molecule has 5 aliphatic carbocycles. The summed E-state index contributed by atoms with van der Waals surface area (Å²) in [6, 6.07) is 0. The topological polar surface area (TPSA) is 40.5 Å². The average molecular weight is 568 g/mol. The molecule has 1 unspecified atom stereocenters. The molecule has 3 nitrogen and oxygen atoms in total. The molecule has 3 heteroatoms. The van der Waals surface area contributed by atoms with Gasteiger partial charge in [0.2, 0.25) is 5.91 Å². The van der Waals surface area contributed by atoms with Gasteiger partial charge in [0.25, 0.3) is 0 Å². The van der Waals surface area contributed by atoms with E-state index in [4.69, 9.17) is 0 Å². The highest BCUT2D eigenvalue weighted by molar-refractivity contribution is 5.84. The smallest absolute Gasteiger partial charge is 0.229 e. The Bertz CT molecular complexity index is 1010. The van der Waals surface area contributed by atoms with E-state index >= 15 is 0 Å². The molecule has 0 aliphatic heterocycles. The predicted octanol–water partition coefficient (Wildman–Crippen LogP) is 9.43. The van der Waals surface area contributed by atoms with Gasteiger partial charge in [0.15, 0.2) is 0 Å². The average Bonchev–Trinajstić information content (AvgIpc) is 2.93. The molecule has 0 saturated heterocycles.